The Kier molecular flexibility index (Phi) is 5.85. The number of carbonyl (C=O) groups is 1. The Bertz CT molecular complexity index is 1000. The number of hydrogen-bond acceptors (Lipinski definition) is 7. The van der Waals surface area contributed by atoms with E-state index < -0.39 is 10.8 Å². The van der Waals surface area contributed by atoms with Crippen molar-refractivity contribution < 1.29 is 14.8 Å². The molecule has 0 unspecified atom stereocenters. The van der Waals surface area contributed by atoms with Crippen LogP contribution in [0.25, 0.3) is 0 Å². The van der Waals surface area contributed by atoms with Crippen LogP contribution >= 0.6 is 46.3 Å². The third-order valence-electron chi connectivity index (χ3n) is 3.23. The number of nitrogens with zero attached hydrogens (tertiary/aromatic N) is 2. The van der Waals surface area contributed by atoms with Gasteiger partial charge in [-0.05, 0) is 24.3 Å². The number of phenols is 1. The second-order valence-electron chi connectivity index (χ2n) is 5.08. The quantitative estimate of drug-likeness (QED) is 0.309. The van der Waals surface area contributed by atoms with E-state index in [-0.39, 0.29) is 30.6 Å². The Morgan fingerprint density at radius 1 is 1.22 bits per heavy atom. The van der Waals surface area contributed by atoms with Gasteiger partial charge in [0.15, 0.2) is 0 Å². The molecule has 0 saturated heterocycles. The highest BCUT2D eigenvalue weighted by molar-refractivity contribution is 8.01. The number of aromatic nitrogens is 1. The van der Waals surface area contributed by atoms with Gasteiger partial charge in [-0.1, -0.05) is 35.0 Å². The highest BCUT2D eigenvalue weighted by Crippen LogP contribution is 2.45. The van der Waals surface area contributed by atoms with E-state index in [0.29, 0.717) is 10.6 Å². The van der Waals surface area contributed by atoms with Crippen molar-refractivity contribution in [2.75, 3.05) is 5.32 Å². The third-order valence-corrected chi connectivity index (χ3v) is 6.48. The van der Waals surface area contributed by atoms with Crippen molar-refractivity contribution in [1.29, 1.82) is 0 Å². The summed E-state index contributed by atoms with van der Waals surface area (Å²) in [5.41, 5.74) is 0.230. The minimum absolute atomic E-state index is 0.0598. The number of nitrogens with one attached hydrogen (secondary N) is 1. The van der Waals surface area contributed by atoms with Crippen LogP contribution in [0.4, 0.5) is 11.4 Å². The molecule has 0 aliphatic carbocycles. The molecule has 0 fully saturated rings. The van der Waals surface area contributed by atoms with Crippen molar-refractivity contribution in [3.05, 3.63) is 67.8 Å². The second kappa shape index (κ2) is 8.13. The Morgan fingerprint density at radius 3 is 2.44 bits per heavy atom. The smallest absolute Gasteiger partial charge is 0.294 e. The number of carbonyl (C=O) groups excluding carboxylic acids is 1. The van der Waals surface area contributed by atoms with E-state index in [2.05, 4.69) is 10.3 Å². The van der Waals surface area contributed by atoms with E-state index in [0.717, 1.165) is 23.1 Å². The lowest BCUT2D eigenvalue weighted by Crippen LogP contribution is -2.09. The second-order valence-corrected chi connectivity index (χ2v) is 8.22. The van der Waals surface area contributed by atoms with Crippen LogP contribution in [0.1, 0.15) is 9.67 Å². The summed E-state index contributed by atoms with van der Waals surface area (Å²) in [7, 11) is 0. The first-order valence-corrected chi connectivity index (χ1v) is 9.59. The number of hydrogen-bond donors (Lipinski definition) is 2. The number of benzene rings is 1. The highest BCUT2D eigenvalue weighted by atomic mass is 35.5. The third kappa shape index (κ3) is 4.51. The maximum atomic E-state index is 12.4. The number of thiophene rings is 1. The average molecular weight is 442 g/mol. The number of nitro groups is 1. The van der Waals surface area contributed by atoms with Crippen molar-refractivity contribution in [2.45, 2.75) is 9.10 Å². The number of rotatable bonds is 5. The molecule has 0 aliphatic rings. The van der Waals surface area contributed by atoms with Gasteiger partial charge >= 0.3 is 0 Å². The summed E-state index contributed by atoms with van der Waals surface area (Å²) in [5.74, 6) is -0.447. The van der Waals surface area contributed by atoms with E-state index >= 15 is 0 Å². The van der Waals surface area contributed by atoms with Crippen molar-refractivity contribution in [3.63, 3.8) is 0 Å². The first-order chi connectivity index (χ1) is 12.8. The predicted molar refractivity (Wildman–Crippen MR) is 105 cm³/mol. The molecule has 1 aromatic carbocycles. The minimum atomic E-state index is -0.570. The van der Waals surface area contributed by atoms with Crippen molar-refractivity contribution in [2.24, 2.45) is 0 Å². The lowest BCUT2D eigenvalue weighted by Gasteiger charge is -2.04. The summed E-state index contributed by atoms with van der Waals surface area (Å²) in [6.07, 6.45) is 2.77. The van der Waals surface area contributed by atoms with Crippen LogP contribution in [0.5, 0.6) is 5.75 Å². The summed E-state index contributed by atoms with van der Waals surface area (Å²) >= 11 is 14.1. The molecule has 2 aromatic heterocycles. The number of pyridine rings is 1. The number of halogens is 2. The molecule has 0 bridgehead atoms. The van der Waals surface area contributed by atoms with Gasteiger partial charge in [0, 0.05) is 24.1 Å². The van der Waals surface area contributed by atoms with Gasteiger partial charge < -0.3 is 10.4 Å². The van der Waals surface area contributed by atoms with Crippen LogP contribution in [-0.2, 0) is 0 Å². The fourth-order valence-corrected chi connectivity index (χ4v) is 4.76. The minimum Gasteiger partial charge on any atom is -0.508 e. The summed E-state index contributed by atoms with van der Waals surface area (Å²) in [6.45, 7) is 0. The average Bonchev–Trinajstić information content (AvgIpc) is 3.05. The zero-order valence-corrected chi connectivity index (χ0v) is 16.3. The van der Waals surface area contributed by atoms with Gasteiger partial charge in [0.25, 0.3) is 11.6 Å². The zero-order valence-electron chi connectivity index (χ0n) is 13.2. The van der Waals surface area contributed by atoms with Gasteiger partial charge in [0.2, 0.25) is 0 Å². The predicted octanol–water partition coefficient (Wildman–Crippen LogP) is 5.47. The molecular formula is C16H9Cl2N3O4S2. The maximum absolute atomic E-state index is 12.4. The summed E-state index contributed by atoms with van der Waals surface area (Å²) in [4.78, 5) is 27.6. The van der Waals surface area contributed by atoms with Gasteiger partial charge in [-0.2, -0.15) is 0 Å². The fourth-order valence-electron chi connectivity index (χ4n) is 2.00. The molecule has 27 heavy (non-hydrogen) atoms. The molecule has 7 nitrogen and oxygen atoms in total. The van der Waals surface area contributed by atoms with Gasteiger partial charge in [0.1, 0.15) is 14.8 Å². The largest absolute Gasteiger partial charge is 0.508 e. The molecule has 0 saturated carbocycles. The molecule has 138 valence electrons. The van der Waals surface area contributed by atoms with Gasteiger partial charge in [0.05, 0.1) is 19.9 Å². The lowest BCUT2D eigenvalue weighted by atomic mass is 10.3. The Labute approximate surface area is 171 Å². The van der Waals surface area contributed by atoms with Crippen molar-refractivity contribution in [1.82, 2.24) is 4.98 Å². The molecule has 0 atom stereocenters. The zero-order chi connectivity index (χ0) is 19.6. The van der Waals surface area contributed by atoms with Crippen molar-refractivity contribution in [3.8, 4) is 5.75 Å². The molecular weight excluding hydrogens is 433 g/mol. The van der Waals surface area contributed by atoms with E-state index in [4.69, 9.17) is 23.2 Å². The van der Waals surface area contributed by atoms with E-state index in [9.17, 15) is 20.0 Å². The fraction of sp³-hybridized carbons (Fsp3) is 0. The van der Waals surface area contributed by atoms with E-state index in [1.54, 1.807) is 0 Å². The highest BCUT2D eigenvalue weighted by Gasteiger charge is 2.25. The summed E-state index contributed by atoms with van der Waals surface area (Å²) in [5, 5.41) is 23.8. The Balaban J connectivity index is 1.90. The molecule has 11 heteroatoms. The van der Waals surface area contributed by atoms with Gasteiger partial charge in [-0.25, -0.2) is 0 Å². The number of amides is 1. The molecule has 2 N–H and O–H groups in total. The standard InChI is InChI=1S/C16H9Cl2N3O4S2/c17-10-6-19-7-11(18)14(10)27-16-12(21(24)25)5-13(26-16)15(23)20-8-1-3-9(22)4-2-8/h1-7,22H,(H,20,23). The number of aromatic hydroxyl groups is 1. The molecule has 1 amide bonds. The molecule has 3 aromatic rings. The SMILES string of the molecule is O=C(Nc1ccc(O)cc1)c1cc([N+](=O)[O-])c(Sc2c(Cl)cncc2Cl)s1. The molecule has 2 heterocycles. The summed E-state index contributed by atoms with van der Waals surface area (Å²) in [6, 6.07) is 7.07. The van der Waals surface area contributed by atoms with Crippen LogP contribution in [0.3, 0.4) is 0 Å². The topological polar surface area (TPSA) is 105 Å². The monoisotopic (exact) mass is 441 g/mol. The van der Waals surface area contributed by atoms with Crippen LogP contribution in [0.2, 0.25) is 10.0 Å². The number of anilines is 1. The maximum Gasteiger partial charge on any atom is 0.294 e. The normalized spacial score (nSPS) is 10.6. The Hall–Kier alpha value is -2.33. The number of phenolic OH excluding ortho intramolecular Hbond substituents is 1. The molecule has 0 aliphatic heterocycles. The molecule has 3 rings (SSSR count). The van der Waals surface area contributed by atoms with E-state index in [1.807, 2.05) is 0 Å². The van der Waals surface area contributed by atoms with Crippen LogP contribution in [0.15, 0.2) is 51.8 Å². The van der Waals surface area contributed by atoms with Crippen LogP contribution < -0.4 is 5.32 Å². The van der Waals surface area contributed by atoms with E-state index in [1.165, 1.54) is 42.7 Å². The summed E-state index contributed by atoms with van der Waals surface area (Å²) < 4.78 is 0.269. The first-order valence-electron chi connectivity index (χ1n) is 7.20. The first kappa shape index (κ1) is 19.4. The molecule has 0 radical (unpaired) electrons. The van der Waals surface area contributed by atoms with Crippen LogP contribution in [-0.4, -0.2) is 20.9 Å². The van der Waals surface area contributed by atoms with Crippen LogP contribution in [0, 0.1) is 10.1 Å². The van der Waals surface area contributed by atoms with Crippen molar-refractivity contribution >= 4 is 63.6 Å². The Morgan fingerprint density at radius 2 is 1.85 bits per heavy atom. The lowest BCUT2D eigenvalue weighted by molar-refractivity contribution is -0.387. The van der Waals surface area contributed by atoms with Gasteiger partial charge in [-0.3, -0.25) is 19.9 Å². The molecule has 0 spiro atoms. The van der Waals surface area contributed by atoms with Gasteiger partial charge in [-0.15, -0.1) is 11.3 Å².